The van der Waals surface area contributed by atoms with Crippen molar-refractivity contribution in [3.05, 3.63) is 85.1 Å². The lowest BCUT2D eigenvalue weighted by Gasteiger charge is -2.24. The summed E-state index contributed by atoms with van der Waals surface area (Å²) < 4.78 is 34.8. The Kier molecular flexibility index (Phi) is 72.2. The Morgan fingerprint density at radius 3 is 0.904 bits per heavy atom. The Balaban J connectivity index is 3.91. The van der Waals surface area contributed by atoms with Gasteiger partial charge in [-0.15, -0.1) is 0 Å². The standard InChI is InChI=1S/C84H154NO8P/c1-6-8-10-12-14-16-18-20-22-24-26-28-30-32-34-36-38-39-40-41-42-43-44-45-47-49-51-53-55-57-59-61-63-65-67-69-71-73-75-77-84(87)93-82(81-92-94(88,89)91-79-78-85(3,4)5)80-90-83(86)76-74-72-70-68-66-64-62-60-58-56-54-52-50-48-46-37-35-33-31-29-27-25-23-21-19-17-15-13-11-9-7-2/h8,10,14,16,19-22,25-28,31,33,82H,6-7,9,11-13,15,17-18,23-24,29-30,32,34-81H2,1-5H3/p+1/b10-8-,16-14-,21-19-,22-20-,27-25-,28-26-,33-31-. The van der Waals surface area contributed by atoms with Gasteiger partial charge in [0, 0.05) is 12.8 Å². The molecule has 94 heavy (non-hydrogen) atoms. The van der Waals surface area contributed by atoms with E-state index in [1.54, 1.807) is 0 Å². The minimum atomic E-state index is -4.40. The van der Waals surface area contributed by atoms with Crippen molar-refractivity contribution in [1.29, 1.82) is 0 Å². The number of carbonyl (C=O) groups is 2. The first kappa shape index (κ1) is 91.2. The van der Waals surface area contributed by atoms with Crippen molar-refractivity contribution in [2.45, 2.75) is 392 Å². The van der Waals surface area contributed by atoms with Gasteiger partial charge in [0.2, 0.25) is 0 Å². The number of allylic oxidation sites excluding steroid dienone is 14. The topological polar surface area (TPSA) is 108 Å². The predicted octanol–water partition coefficient (Wildman–Crippen LogP) is 26.8. The van der Waals surface area contributed by atoms with Gasteiger partial charge >= 0.3 is 19.8 Å². The molecule has 10 heteroatoms. The number of hydrogen-bond acceptors (Lipinski definition) is 7. The first-order valence-electron chi connectivity index (χ1n) is 40.3. The Morgan fingerprint density at radius 2 is 0.606 bits per heavy atom. The van der Waals surface area contributed by atoms with Gasteiger partial charge in [-0.25, -0.2) is 4.57 Å². The lowest BCUT2D eigenvalue weighted by molar-refractivity contribution is -0.870. The fraction of sp³-hybridized carbons (Fsp3) is 0.810. The second kappa shape index (κ2) is 74.4. The number of carbonyl (C=O) groups excluding carboxylic acids is 2. The lowest BCUT2D eigenvalue weighted by Crippen LogP contribution is -2.37. The minimum Gasteiger partial charge on any atom is -0.462 e. The number of rotatable bonds is 75. The number of unbranched alkanes of at least 4 members (excludes halogenated alkanes) is 47. The summed E-state index contributed by atoms with van der Waals surface area (Å²) in [5, 5.41) is 0. The summed E-state index contributed by atoms with van der Waals surface area (Å²) in [6.45, 7) is 4.37. The summed E-state index contributed by atoms with van der Waals surface area (Å²) in [5.74, 6) is -0.778. The molecule has 2 unspecified atom stereocenters. The van der Waals surface area contributed by atoms with Crippen molar-refractivity contribution in [2.75, 3.05) is 47.5 Å². The first-order chi connectivity index (χ1) is 46.0. The zero-order chi connectivity index (χ0) is 68.3. The van der Waals surface area contributed by atoms with Crippen molar-refractivity contribution >= 4 is 19.8 Å². The Labute approximate surface area is 583 Å². The van der Waals surface area contributed by atoms with Crippen molar-refractivity contribution in [1.82, 2.24) is 0 Å². The summed E-state index contributed by atoms with van der Waals surface area (Å²) in [7, 11) is 1.49. The maximum absolute atomic E-state index is 12.9. The van der Waals surface area contributed by atoms with Crippen LogP contribution in [0.15, 0.2) is 85.1 Å². The van der Waals surface area contributed by atoms with Crippen LogP contribution >= 0.6 is 7.82 Å². The molecule has 0 aromatic carbocycles. The first-order valence-corrected chi connectivity index (χ1v) is 41.8. The van der Waals surface area contributed by atoms with Crippen LogP contribution in [0, 0.1) is 0 Å². The largest absolute Gasteiger partial charge is 0.472 e. The summed E-state index contributed by atoms with van der Waals surface area (Å²) in [4.78, 5) is 36.0. The molecule has 0 heterocycles. The van der Waals surface area contributed by atoms with Crippen molar-refractivity contribution < 1.29 is 42.1 Å². The van der Waals surface area contributed by atoms with Crippen LogP contribution in [0.5, 0.6) is 0 Å². The molecule has 0 bridgehead atoms. The van der Waals surface area contributed by atoms with E-state index in [-0.39, 0.29) is 25.6 Å². The van der Waals surface area contributed by atoms with E-state index in [0.29, 0.717) is 23.9 Å². The smallest absolute Gasteiger partial charge is 0.462 e. The van der Waals surface area contributed by atoms with E-state index >= 15 is 0 Å². The summed E-state index contributed by atoms with van der Waals surface area (Å²) in [6.07, 6.45) is 103. The number of hydrogen-bond donors (Lipinski definition) is 1. The van der Waals surface area contributed by atoms with Crippen LogP contribution in [0.25, 0.3) is 0 Å². The lowest BCUT2D eigenvalue weighted by atomic mass is 10.0. The van der Waals surface area contributed by atoms with Crippen LogP contribution < -0.4 is 0 Å². The van der Waals surface area contributed by atoms with Gasteiger partial charge in [0.25, 0.3) is 0 Å². The molecule has 0 fully saturated rings. The van der Waals surface area contributed by atoms with E-state index in [4.69, 9.17) is 18.5 Å². The third kappa shape index (κ3) is 78.2. The van der Waals surface area contributed by atoms with Gasteiger partial charge in [-0.2, -0.15) is 0 Å². The number of phosphoric acid groups is 1. The van der Waals surface area contributed by atoms with E-state index in [1.165, 1.54) is 283 Å². The van der Waals surface area contributed by atoms with Gasteiger partial charge in [-0.05, 0) is 89.9 Å². The zero-order valence-electron chi connectivity index (χ0n) is 62.7. The van der Waals surface area contributed by atoms with Gasteiger partial charge in [0.15, 0.2) is 6.10 Å². The van der Waals surface area contributed by atoms with E-state index in [9.17, 15) is 19.0 Å². The van der Waals surface area contributed by atoms with Crippen LogP contribution in [-0.4, -0.2) is 74.9 Å². The molecule has 0 aliphatic heterocycles. The Hall–Kier alpha value is -2.81. The quantitative estimate of drug-likeness (QED) is 0.0211. The molecule has 0 aliphatic rings. The molecule has 0 saturated carbocycles. The van der Waals surface area contributed by atoms with Crippen LogP contribution in [-0.2, 0) is 32.7 Å². The van der Waals surface area contributed by atoms with Crippen LogP contribution in [0.3, 0.4) is 0 Å². The fourth-order valence-electron chi connectivity index (χ4n) is 11.8. The van der Waals surface area contributed by atoms with Crippen LogP contribution in [0.4, 0.5) is 0 Å². The molecular formula is C84H155NO8P+. The molecule has 9 nitrogen and oxygen atoms in total. The summed E-state index contributed by atoms with van der Waals surface area (Å²) in [6, 6.07) is 0. The fourth-order valence-corrected chi connectivity index (χ4v) is 12.5. The number of quaternary nitrogens is 1. The molecule has 0 radical (unpaired) electrons. The number of phosphoric ester groups is 1. The van der Waals surface area contributed by atoms with Gasteiger partial charge in [0.1, 0.15) is 19.8 Å². The van der Waals surface area contributed by atoms with Gasteiger partial charge in [0.05, 0.1) is 27.7 Å². The van der Waals surface area contributed by atoms with E-state index in [1.807, 2.05) is 21.1 Å². The predicted molar refractivity (Wildman–Crippen MR) is 409 cm³/mol. The molecule has 0 amide bonds. The van der Waals surface area contributed by atoms with Crippen molar-refractivity contribution in [2.24, 2.45) is 0 Å². The monoisotopic (exact) mass is 1340 g/mol. The van der Waals surface area contributed by atoms with E-state index in [0.717, 1.165) is 70.6 Å². The van der Waals surface area contributed by atoms with E-state index in [2.05, 4.69) is 98.9 Å². The van der Waals surface area contributed by atoms with E-state index < -0.39 is 26.5 Å². The zero-order valence-corrected chi connectivity index (χ0v) is 63.6. The highest BCUT2D eigenvalue weighted by molar-refractivity contribution is 7.47. The highest BCUT2D eigenvalue weighted by Gasteiger charge is 2.27. The Bertz CT molecular complexity index is 1860. The van der Waals surface area contributed by atoms with Gasteiger partial charge in [-0.1, -0.05) is 369 Å². The molecule has 0 rings (SSSR count). The summed E-state index contributed by atoms with van der Waals surface area (Å²) in [5.41, 5.74) is 0. The number of likely N-dealkylation sites (N-methyl/N-ethyl adjacent to an activating group) is 1. The van der Waals surface area contributed by atoms with Crippen LogP contribution in [0.1, 0.15) is 386 Å². The number of esters is 2. The molecule has 2 atom stereocenters. The van der Waals surface area contributed by atoms with Gasteiger partial charge in [-0.3, -0.25) is 18.6 Å². The molecule has 0 aromatic rings. The van der Waals surface area contributed by atoms with Crippen molar-refractivity contribution in [3.8, 4) is 0 Å². The maximum atomic E-state index is 12.9. The molecule has 0 aliphatic carbocycles. The van der Waals surface area contributed by atoms with Crippen molar-refractivity contribution in [3.63, 3.8) is 0 Å². The average molecular weight is 1340 g/mol. The minimum absolute atomic E-state index is 0.0325. The average Bonchev–Trinajstić information content (AvgIpc) is 1.56. The normalized spacial score (nSPS) is 13.5. The summed E-state index contributed by atoms with van der Waals surface area (Å²) >= 11 is 0. The second-order valence-electron chi connectivity index (χ2n) is 28.4. The maximum Gasteiger partial charge on any atom is 0.472 e. The molecule has 0 spiro atoms. The number of ether oxygens (including phenoxy) is 2. The molecule has 0 saturated heterocycles. The van der Waals surface area contributed by atoms with Crippen LogP contribution in [0.2, 0.25) is 0 Å². The number of nitrogens with zero attached hydrogens (tertiary/aromatic N) is 1. The van der Waals surface area contributed by atoms with Gasteiger partial charge < -0.3 is 18.9 Å². The highest BCUT2D eigenvalue weighted by atomic mass is 31.2. The molecular weight excluding hydrogens is 1180 g/mol. The third-order valence-electron chi connectivity index (χ3n) is 17.9. The SMILES string of the molecule is CC/C=C\C/C=C\C/C=C\C/C=C\CCCCCCCCCCCCCCCCCCCCCCCCCCCCC(=O)OC(COC(=O)CCCCCCCCCCCCCCCCCC/C=C\C/C=C\C/C=C\CCCCCCC)COP(=O)(O)OCC[N+](C)(C)C. The second-order valence-corrected chi connectivity index (χ2v) is 29.9. The highest BCUT2D eigenvalue weighted by Crippen LogP contribution is 2.43. The molecule has 0 aromatic heterocycles. The molecule has 1 N–H and O–H groups in total. The Morgan fingerprint density at radius 1 is 0.340 bits per heavy atom. The molecule has 548 valence electrons. The third-order valence-corrected chi connectivity index (χ3v) is 18.9.